The van der Waals surface area contributed by atoms with Crippen LogP contribution in [0.15, 0.2) is 18.2 Å². The average molecular weight is 241 g/mol. The molecule has 4 N–H and O–H groups in total. The molecule has 0 radical (unpaired) electrons. The van der Waals surface area contributed by atoms with Crippen molar-refractivity contribution >= 4 is 24.5 Å². The molecular formula is C9H9BFNO5. The van der Waals surface area contributed by atoms with Gasteiger partial charge in [0.25, 0.3) is 5.91 Å². The van der Waals surface area contributed by atoms with Gasteiger partial charge in [-0.2, -0.15) is 0 Å². The number of nitrogens with one attached hydrogen (secondary N) is 1. The van der Waals surface area contributed by atoms with Crippen LogP contribution < -0.4 is 10.8 Å². The van der Waals surface area contributed by atoms with E-state index >= 15 is 0 Å². The summed E-state index contributed by atoms with van der Waals surface area (Å²) in [6.45, 7) is -0.605. The maximum absolute atomic E-state index is 13.0. The Morgan fingerprint density at radius 1 is 1.29 bits per heavy atom. The van der Waals surface area contributed by atoms with E-state index in [0.29, 0.717) is 0 Å². The average Bonchev–Trinajstić information content (AvgIpc) is 2.24. The highest BCUT2D eigenvalue weighted by Crippen LogP contribution is 2.02. The van der Waals surface area contributed by atoms with E-state index < -0.39 is 31.4 Å². The van der Waals surface area contributed by atoms with E-state index in [1.54, 1.807) is 0 Å². The van der Waals surface area contributed by atoms with Gasteiger partial charge in [-0.1, -0.05) is 0 Å². The van der Waals surface area contributed by atoms with Gasteiger partial charge in [-0.3, -0.25) is 9.59 Å². The molecule has 90 valence electrons. The van der Waals surface area contributed by atoms with E-state index in [1.165, 1.54) is 0 Å². The van der Waals surface area contributed by atoms with Crippen molar-refractivity contribution in [3.05, 3.63) is 29.6 Å². The fourth-order valence-electron chi connectivity index (χ4n) is 1.15. The van der Waals surface area contributed by atoms with Crippen LogP contribution in [0.4, 0.5) is 4.39 Å². The summed E-state index contributed by atoms with van der Waals surface area (Å²) in [6.07, 6.45) is 0. The highest BCUT2D eigenvalue weighted by Gasteiger charge is 2.16. The first-order valence-electron chi connectivity index (χ1n) is 4.57. The lowest BCUT2D eigenvalue weighted by molar-refractivity contribution is -0.135. The fraction of sp³-hybridized carbons (Fsp3) is 0.111. The lowest BCUT2D eigenvalue weighted by Gasteiger charge is -2.05. The molecule has 0 aliphatic carbocycles. The molecule has 0 aliphatic heterocycles. The first-order chi connectivity index (χ1) is 7.90. The molecular weight excluding hydrogens is 232 g/mol. The van der Waals surface area contributed by atoms with Crippen molar-refractivity contribution in [1.29, 1.82) is 0 Å². The van der Waals surface area contributed by atoms with E-state index in [9.17, 15) is 14.0 Å². The van der Waals surface area contributed by atoms with Crippen molar-refractivity contribution in [2.45, 2.75) is 0 Å². The second kappa shape index (κ2) is 5.42. The third kappa shape index (κ3) is 3.85. The molecule has 0 aromatic heterocycles. The van der Waals surface area contributed by atoms with Crippen molar-refractivity contribution in [2.24, 2.45) is 0 Å². The predicted octanol–water partition coefficient (Wildman–Crippen LogP) is -1.68. The van der Waals surface area contributed by atoms with Crippen molar-refractivity contribution in [3.8, 4) is 0 Å². The summed E-state index contributed by atoms with van der Waals surface area (Å²) >= 11 is 0. The molecule has 8 heteroatoms. The molecule has 0 aliphatic rings. The number of carboxylic acid groups (broad SMARTS) is 1. The predicted molar refractivity (Wildman–Crippen MR) is 56.2 cm³/mol. The van der Waals surface area contributed by atoms with Crippen molar-refractivity contribution in [1.82, 2.24) is 5.32 Å². The van der Waals surface area contributed by atoms with Gasteiger partial charge in [0.1, 0.15) is 12.4 Å². The minimum absolute atomic E-state index is 0.186. The van der Waals surface area contributed by atoms with Gasteiger partial charge in [0.15, 0.2) is 0 Å². The molecule has 1 rings (SSSR count). The highest BCUT2D eigenvalue weighted by molar-refractivity contribution is 6.58. The van der Waals surface area contributed by atoms with Gasteiger partial charge < -0.3 is 20.5 Å². The summed E-state index contributed by atoms with van der Waals surface area (Å²) in [4.78, 5) is 21.6. The molecule has 0 atom stereocenters. The van der Waals surface area contributed by atoms with E-state index in [4.69, 9.17) is 15.2 Å². The molecule has 1 amide bonds. The minimum Gasteiger partial charge on any atom is -0.480 e. The Morgan fingerprint density at radius 3 is 2.47 bits per heavy atom. The summed E-state index contributed by atoms with van der Waals surface area (Å²) in [5.74, 6) is -2.87. The Balaban J connectivity index is 2.90. The SMILES string of the molecule is O=C(O)CNC(=O)c1cc(F)cc(B(O)O)c1. The molecule has 17 heavy (non-hydrogen) atoms. The summed E-state index contributed by atoms with van der Waals surface area (Å²) in [7, 11) is -1.91. The Labute approximate surface area is 95.8 Å². The second-order valence-corrected chi connectivity index (χ2v) is 3.22. The van der Waals surface area contributed by atoms with Crippen LogP contribution in [0.2, 0.25) is 0 Å². The Hall–Kier alpha value is -1.93. The highest BCUT2D eigenvalue weighted by atomic mass is 19.1. The zero-order valence-electron chi connectivity index (χ0n) is 8.55. The normalized spacial score (nSPS) is 9.82. The number of carbonyl (C=O) groups is 2. The fourth-order valence-corrected chi connectivity index (χ4v) is 1.15. The Morgan fingerprint density at radius 2 is 1.94 bits per heavy atom. The quantitative estimate of drug-likeness (QED) is 0.471. The molecule has 1 aromatic carbocycles. The van der Waals surface area contributed by atoms with Gasteiger partial charge in [0.2, 0.25) is 0 Å². The molecule has 0 bridgehead atoms. The number of hydrogen-bond donors (Lipinski definition) is 4. The molecule has 0 saturated carbocycles. The standard InChI is InChI=1S/C9H9BFNO5/c11-7-2-5(1-6(3-7)10(16)17)9(15)12-4-8(13)14/h1-3,16-17H,4H2,(H,12,15)(H,13,14). The zero-order valence-corrected chi connectivity index (χ0v) is 8.55. The van der Waals surface area contributed by atoms with Crippen LogP contribution in [0.25, 0.3) is 0 Å². The van der Waals surface area contributed by atoms with Crippen molar-refractivity contribution < 1.29 is 29.1 Å². The van der Waals surface area contributed by atoms with Crippen LogP contribution in [-0.4, -0.2) is 40.7 Å². The largest absolute Gasteiger partial charge is 0.488 e. The minimum atomic E-state index is -1.91. The van der Waals surface area contributed by atoms with E-state index in [-0.39, 0.29) is 11.0 Å². The van der Waals surface area contributed by atoms with Crippen molar-refractivity contribution in [2.75, 3.05) is 6.54 Å². The van der Waals surface area contributed by atoms with Crippen LogP contribution in [0.5, 0.6) is 0 Å². The summed E-state index contributed by atoms with van der Waals surface area (Å²) in [5.41, 5.74) is -0.375. The lowest BCUT2D eigenvalue weighted by atomic mass is 9.79. The van der Waals surface area contributed by atoms with Crippen LogP contribution >= 0.6 is 0 Å². The Bertz CT molecular complexity index is 451. The number of carboxylic acids is 1. The van der Waals surface area contributed by atoms with Crippen molar-refractivity contribution in [3.63, 3.8) is 0 Å². The van der Waals surface area contributed by atoms with E-state index in [1.807, 2.05) is 5.32 Å². The van der Waals surface area contributed by atoms with Crippen LogP contribution in [-0.2, 0) is 4.79 Å². The molecule has 6 nitrogen and oxygen atoms in total. The number of aliphatic carboxylic acids is 1. The van der Waals surface area contributed by atoms with E-state index in [2.05, 4.69) is 0 Å². The van der Waals surface area contributed by atoms with Crippen LogP contribution in [0.1, 0.15) is 10.4 Å². The number of benzene rings is 1. The lowest BCUT2D eigenvalue weighted by Crippen LogP contribution is -2.33. The summed E-state index contributed by atoms with van der Waals surface area (Å²) in [6, 6.07) is 2.78. The van der Waals surface area contributed by atoms with Gasteiger partial charge in [0.05, 0.1) is 0 Å². The van der Waals surface area contributed by atoms with E-state index in [0.717, 1.165) is 18.2 Å². The van der Waals surface area contributed by atoms with Gasteiger partial charge in [-0.15, -0.1) is 0 Å². The van der Waals surface area contributed by atoms with Crippen LogP contribution in [0.3, 0.4) is 0 Å². The first kappa shape index (κ1) is 13.1. The maximum Gasteiger partial charge on any atom is 0.488 e. The number of carbonyl (C=O) groups excluding carboxylic acids is 1. The first-order valence-corrected chi connectivity index (χ1v) is 4.57. The topological polar surface area (TPSA) is 107 Å². The number of halogens is 1. The second-order valence-electron chi connectivity index (χ2n) is 3.22. The van der Waals surface area contributed by atoms with Gasteiger partial charge in [-0.05, 0) is 23.7 Å². The molecule has 0 heterocycles. The van der Waals surface area contributed by atoms with Gasteiger partial charge in [-0.25, -0.2) is 4.39 Å². The maximum atomic E-state index is 13.0. The Kier molecular flexibility index (Phi) is 4.19. The molecule has 0 saturated heterocycles. The molecule has 0 fully saturated rings. The third-order valence-corrected chi connectivity index (χ3v) is 1.88. The zero-order chi connectivity index (χ0) is 13.0. The van der Waals surface area contributed by atoms with Crippen LogP contribution in [0, 0.1) is 5.82 Å². The molecule has 1 aromatic rings. The third-order valence-electron chi connectivity index (χ3n) is 1.88. The molecule has 0 spiro atoms. The number of hydrogen-bond acceptors (Lipinski definition) is 4. The van der Waals surface area contributed by atoms with Gasteiger partial charge in [0, 0.05) is 5.56 Å². The summed E-state index contributed by atoms with van der Waals surface area (Å²) in [5, 5.41) is 28.0. The smallest absolute Gasteiger partial charge is 0.480 e. The number of amides is 1. The molecule has 0 unspecified atom stereocenters. The number of rotatable bonds is 4. The summed E-state index contributed by atoms with van der Waals surface area (Å²) < 4.78 is 13.0. The van der Waals surface area contributed by atoms with Gasteiger partial charge >= 0.3 is 13.1 Å². The monoisotopic (exact) mass is 241 g/mol.